The van der Waals surface area contributed by atoms with E-state index < -0.39 is 16.1 Å². The van der Waals surface area contributed by atoms with Gasteiger partial charge in [0.15, 0.2) is 0 Å². The maximum absolute atomic E-state index is 13.8. The van der Waals surface area contributed by atoms with E-state index in [1.165, 1.54) is 11.6 Å². The number of hydrogen-bond donors (Lipinski definition) is 1. The van der Waals surface area contributed by atoms with Crippen LogP contribution < -0.4 is 9.62 Å². The molecule has 10 heteroatoms. The summed E-state index contributed by atoms with van der Waals surface area (Å²) < 4.78 is 38.1. The summed E-state index contributed by atoms with van der Waals surface area (Å²) in [5.74, 6) is -0.230. The number of piperazine rings is 1. The van der Waals surface area contributed by atoms with Gasteiger partial charge in [0.05, 0.1) is 11.7 Å². The Morgan fingerprint density at radius 1 is 1.05 bits per heavy atom. The quantitative estimate of drug-likeness (QED) is 0.388. The Labute approximate surface area is 221 Å². The molecule has 0 unspecified atom stereocenters. The third kappa shape index (κ3) is 5.51. The SMILES string of the molecule is Cc1cccc(N2CCN(C(=O)[C@@H](Cc3ccccc3)NS(=O)(=O)c3cccc4nsnc34)C[C@H]2C)c1. The number of sulfonamides is 1. The van der Waals surface area contributed by atoms with Crippen molar-refractivity contribution in [1.29, 1.82) is 0 Å². The van der Waals surface area contributed by atoms with E-state index in [1.54, 1.807) is 17.0 Å². The minimum absolute atomic E-state index is 0.0299. The van der Waals surface area contributed by atoms with Gasteiger partial charge in [0.1, 0.15) is 22.0 Å². The molecule has 1 saturated heterocycles. The highest BCUT2D eigenvalue weighted by Gasteiger charge is 2.34. The monoisotopic (exact) mass is 535 g/mol. The number of fused-ring (bicyclic) bond motifs is 1. The number of aromatic nitrogens is 2. The molecule has 0 radical (unpaired) electrons. The number of nitrogens with one attached hydrogen (secondary N) is 1. The van der Waals surface area contributed by atoms with Crippen LogP contribution in [-0.4, -0.2) is 59.7 Å². The van der Waals surface area contributed by atoms with Gasteiger partial charge < -0.3 is 9.80 Å². The maximum Gasteiger partial charge on any atom is 0.243 e. The van der Waals surface area contributed by atoms with Gasteiger partial charge in [0.25, 0.3) is 0 Å². The van der Waals surface area contributed by atoms with Crippen LogP contribution in [0.15, 0.2) is 77.7 Å². The zero-order chi connectivity index (χ0) is 26.0. The van der Waals surface area contributed by atoms with Gasteiger partial charge in [0.2, 0.25) is 15.9 Å². The van der Waals surface area contributed by atoms with Crippen molar-refractivity contribution in [3.63, 3.8) is 0 Å². The van der Waals surface area contributed by atoms with Crippen molar-refractivity contribution < 1.29 is 13.2 Å². The van der Waals surface area contributed by atoms with Gasteiger partial charge in [-0.15, -0.1) is 0 Å². The highest BCUT2D eigenvalue weighted by atomic mass is 32.2. The first kappa shape index (κ1) is 25.3. The van der Waals surface area contributed by atoms with Crippen LogP contribution in [0.2, 0.25) is 0 Å². The molecule has 0 spiro atoms. The predicted molar refractivity (Wildman–Crippen MR) is 146 cm³/mol. The number of aryl methyl sites for hydroxylation is 1. The Bertz CT molecular complexity index is 1510. The van der Waals surface area contributed by atoms with Crippen LogP contribution >= 0.6 is 11.7 Å². The number of hydrogen-bond acceptors (Lipinski definition) is 7. The maximum atomic E-state index is 13.8. The van der Waals surface area contributed by atoms with Crippen LogP contribution in [0.5, 0.6) is 0 Å². The Kier molecular flexibility index (Phi) is 7.23. The van der Waals surface area contributed by atoms with Gasteiger partial charge >= 0.3 is 0 Å². The Hall–Kier alpha value is -3.34. The molecule has 1 aliphatic heterocycles. The molecule has 1 aliphatic rings. The minimum Gasteiger partial charge on any atom is -0.365 e. The molecule has 1 fully saturated rings. The van der Waals surface area contributed by atoms with E-state index in [1.807, 2.05) is 36.4 Å². The number of carbonyl (C=O) groups excluding carboxylic acids is 1. The number of benzene rings is 3. The van der Waals surface area contributed by atoms with Crippen LogP contribution in [0.4, 0.5) is 5.69 Å². The van der Waals surface area contributed by atoms with Crippen LogP contribution in [0.1, 0.15) is 18.1 Å². The number of amides is 1. The first-order valence-electron chi connectivity index (χ1n) is 12.2. The van der Waals surface area contributed by atoms with E-state index >= 15 is 0 Å². The van der Waals surface area contributed by atoms with Gasteiger partial charge in [-0.25, -0.2) is 8.42 Å². The predicted octanol–water partition coefficient (Wildman–Crippen LogP) is 3.63. The molecule has 37 heavy (non-hydrogen) atoms. The molecule has 0 aliphatic carbocycles. The lowest BCUT2D eigenvalue weighted by molar-refractivity contribution is -0.133. The van der Waals surface area contributed by atoms with Crippen molar-refractivity contribution in [2.24, 2.45) is 0 Å². The molecule has 4 aromatic rings. The van der Waals surface area contributed by atoms with Crippen molar-refractivity contribution in [2.45, 2.75) is 37.2 Å². The summed E-state index contributed by atoms with van der Waals surface area (Å²) in [6.07, 6.45) is 0.247. The lowest BCUT2D eigenvalue weighted by atomic mass is 10.0. The fourth-order valence-electron chi connectivity index (χ4n) is 4.85. The standard InChI is InChI=1S/C27H29N5O3S2/c1-19-8-6-11-22(16-19)32-15-14-31(18-20(32)2)27(33)24(17-21-9-4-3-5-10-21)30-37(34,35)25-13-7-12-23-26(25)29-36-28-23/h3-13,16,20,24,30H,14-15,17-18H2,1-2H3/t20-,24-/m1/s1. The molecule has 3 aromatic carbocycles. The fourth-order valence-corrected chi connectivity index (χ4v) is 6.80. The molecule has 2 atom stereocenters. The first-order valence-corrected chi connectivity index (χ1v) is 14.4. The van der Waals surface area contributed by atoms with Crippen molar-refractivity contribution in [1.82, 2.24) is 18.4 Å². The fraction of sp³-hybridized carbons (Fsp3) is 0.296. The highest BCUT2D eigenvalue weighted by Crippen LogP contribution is 2.24. The summed E-state index contributed by atoms with van der Waals surface area (Å²) in [5.41, 5.74) is 4.02. The second-order valence-corrected chi connectivity index (χ2v) is 11.6. The second-order valence-electron chi connectivity index (χ2n) is 9.42. The second kappa shape index (κ2) is 10.6. The normalized spacial score (nSPS) is 17.2. The van der Waals surface area contributed by atoms with Gasteiger partial charge in [-0.05, 0) is 55.7 Å². The van der Waals surface area contributed by atoms with E-state index in [0.717, 1.165) is 23.0 Å². The summed E-state index contributed by atoms with van der Waals surface area (Å²) >= 11 is 0.961. The van der Waals surface area contributed by atoms with Crippen LogP contribution in [-0.2, 0) is 21.2 Å². The molecular formula is C27H29N5O3S2. The molecule has 1 aromatic heterocycles. The summed E-state index contributed by atoms with van der Waals surface area (Å²) in [5, 5.41) is 0. The summed E-state index contributed by atoms with van der Waals surface area (Å²) in [6, 6.07) is 21.8. The minimum atomic E-state index is -4.04. The lowest BCUT2D eigenvalue weighted by Crippen LogP contribution is -2.58. The van der Waals surface area contributed by atoms with E-state index in [9.17, 15) is 13.2 Å². The van der Waals surface area contributed by atoms with Crippen molar-refractivity contribution >= 4 is 44.4 Å². The molecule has 192 valence electrons. The van der Waals surface area contributed by atoms with Crippen molar-refractivity contribution in [3.8, 4) is 0 Å². The Morgan fingerprint density at radius 2 is 1.84 bits per heavy atom. The highest BCUT2D eigenvalue weighted by molar-refractivity contribution is 7.89. The molecule has 1 N–H and O–H groups in total. The van der Waals surface area contributed by atoms with Crippen LogP contribution in [0.3, 0.4) is 0 Å². The van der Waals surface area contributed by atoms with Gasteiger partial charge in [-0.3, -0.25) is 4.79 Å². The average Bonchev–Trinajstić information content (AvgIpc) is 3.37. The number of anilines is 1. The largest absolute Gasteiger partial charge is 0.365 e. The molecule has 2 heterocycles. The summed E-state index contributed by atoms with van der Waals surface area (Å²) in [7, 11) is -4.04. The topological polar surface area (TPSA) is 95.5 Å². The summed E-state index contributed by atoms with van der Waals surface area (Å²) in [6.45, 7) is 5.84. The number of carbonyl (C=O) groups is 1. The third-order valence-electron chi connectivity index (χ3n) is 6.69. The molecule has 5 rings (SSSR count). The first-order chi connectivity index (χ1) is 17.8. The van der Waals surface area contributed by atoms with E-state index in [2.05, 4.69) is 50.4 Å². The third-order valence-corrected chi connectivity index (χ3v) is 8.73. The number of nitrogens with zero attached hydrogens (tertiary/aromatic N) is 4. The van der Waals surface area contributed by atoms with Crippen molar-refractivity contribution in [3.05, 3.63) is 83.9 Å². The van der Waals surface area contributed by atoms with E-state index in [0.29, 0.717) is 30.7 Å². The molecule has 0 saturated carbocycles. The van der Waals surface area contributed by atoms with Gasteiger partial charge in [-0.2, -0.15) is 13.5 Å². The van der Waals surface area contributed by atoms with Crippen molar-refractivity contribution in [2.75, 3.05) is 24.5 Å². The smallest absolute Gasteiger partial charge is 0.243 e. The molecule has 1 amide bonds. The lowest BCUT2D eigenvalue weighted by Gasteiger charge is -2.42. The van der Waals surface area contributed by atoms with Gasteiger partial charge in [0, 0.05) is 31.4 Å². The van der Waals surface area contributed by atoms with E-state index in [4.69, 9.17) is 0 Å². The number of rotatable bonds is 7. The van der Waals surface area contributed by atoms with Gasteiger partial charge in [-0.1, -0.05) is 48.5 Å². The Balaban J connectivity index is 1.39. The zero-order valence-electron chi connectivity index (χ0n) is 20.7. The zero-order valence-corrected chi connectivity index (χ0v) is 22.4. The van der Waals surface area contributed by atoms with Crippen LogP contribution in [0.25, 0.3) is 11.0 Å². The molecule has 8 nitrogen and oxygen atoms in total. The molecular weight excluding hydrogens is 506 g/mol. The van der Waals surface area contributed by atoms with Crippen LogP contribution in [0, 0.1) is 6.92 Å². The average molecular weight is 536 g/mol. The Morgan fingerprint density at radius 3 is 2.59 bits per heavy atom. The molecule has 0 bridgehead atoms. The van der Waals surface area contributed by atoms with E-state index in [-0.39, 0.29) is 23.3 Å². The summed E-state index contributed by atoms with van der Waals surface area (Å²) in [4.78, 5) is 17.9.